The third kappa shape index (κ3) is 327. The van der Waals surface area contributed by atoms with Crippen molar-refractivity contribution in [3.63, 3.8) is 0 Å². The molecule has 0 aromatic heterocycles. The van der Waals surface area contributed by atoms with Crippen molar-refractivity contribution in [3.05, 3.63) is 35.9 Å². The van der Waals surface area contributed by atoms with E-state index < -0.39 is 39.1 Å². The van der Waals surface area contributed by atoms with E-state index in [1.165, 1.54) is 0 Å². The van der Waals surface area contributed by atoms with Gasteiger partial charge in [0.05, 0.1) is 39.1 Å². The Labute approximate surface area is 219 Å². The van der Waals surface area contributed by atoms with Gasteiger partial charge in [-0.1, -0.05) is 30.3 Å². The molecule has 0 aliphatic rings. The van der Waals surface area contributed by atoms with E-state index in [1.807, 2.05) is 18.2 Å². The van der Waals surface area contributed by atoms with E-state index >= 15 is 0 Å². The molecule has 1 aromatic rings. The molecule has 21 nitrogen and oxygen atoms in total. The molecule has 0 saturated carbocycles. The smallest absolute Gasteiger partial charge is 0.150 e. The molecule has 0 amide bonds. The van der Waals surface area contributed by atoms with Gasteiger partial charge in [0, 0.05) is 42.7 Å². The van der Waals surface area contributed by atoms with Crippen LogP contribution in [-0.2, 0) is 59.9 Å². The summed E-state index contributed by atoms with van der Waals surface area (Å²) in [5, 5.41) is 0. The van der Waals surface area contributed by atoms with Crippen molar-refractivity contribution >= 4 is 45.4 Å². The van der Waals surface area contributed by atoms with Gasteiger partial charge in [-0.25, -0.2) is 0 Å². The Morgan fingerprint density at radius 2 is 0.629 bits per heavy atom. The Morgan fingerprint density at radius 1 is 0.486 bits per heavy atom. The Morgan fingerprint density at radius 3 is 0.714 bits per heavy atom. The number of hydrogen-bond donors (Lipinski definition) is 5. The molecule has 0 bridgehead atoms. The monoisotopic (exact) mass is 688 g/mol. The summed E-state index contributed by atoms with van der Waals surface area (Å²) in [7, 11) is -25.7. The number of carbonyl (C=O) groups excluding carboxylic acids is 1. The second-order valence-corrected chi connectivity index (χ2v) is 8.56. The summed E-state index contributed by atoms with van der Waals surface area (Å²) in [5.74, 6) is 0. The second-order valence-electron chi connectivity index (χ2n) is 3.87. The zero-order chi connectivity index (χ0) is 28.3. The molecule has 0 fully saturated rings. The number of carbonyl (C=O) groups is 1. The third-order valence-electron chi connectivity index (χ3n) is 0.936. The van der Waals surface area contributed by atoms with Crippen molar-refractivity contribution in [1.29, 1.82) is 0 Å². The van der Waals surface area contributed by atoms with Crippen LogP contribution in [-0.4, -0.2) is 30.8 Å². The van der Waals surface area contributed by atoms with Crippen LogP contribution in [0, 0.1) is 0 Å². The molecule has 0 saturated heterocycles. The molecule has 35 heavy (non-hydrogen) atoms. The molecule has 0 atom stereocenters. The van der Waals surface area contributed by atoms with Crippen molar-refractivity contribution in [2.45, 2.75) is 0 Å². The van der Waals surface area contributed by atoms with E-state index in [1.54, 1.807) is 12.1 Å². The maximum Gasteiger partial charge on any atom is 0.150 e. The molecular formula is C7H11O21P5V2-10. The Kier molecular flexibility index (Phi) is 37.1. The fourth-order valence-electron chi connectivity index (χ4n) is 0.532. The van der Waals surface area contributed by atoms with Gasteiger partial charge in [-0.05, 0) is 0 Å². The standard InChI is InChI=1S/C7H6O.5H3O4P.2V/c8-6-7-4-2-1-3-5-7;5*1-5(2,3)4;;/h1-6H;5*(H3,1,2,3,4);;/p-10. The Hall–Kier alpha value is 0.609. The van der Waals surface area contributed by atoms with Crippen LogP contribution >= 0.6 is 39.1 Å². The molecule has 28 heteroatoms. The quantitative estimate of drug-likeness (QED) is 0.135. The average Bonchev–Trinajstić information content (AvgIpc) is 2.39. The number of benzene rings is 1. The predicted molar refractivity (Wildman–Crippen MR) is 81.0 cm³/mol. The van der Waals surface area contributed by atoms with Crippen LogP contribution < -0.4 is 48.9 Å². The van der Waals surface area contributed by atoms with Crippen LogP contribution in [0.5, 0.6) is 0 Å². The van der Waals surface area contributed by atoms with Crippen molar-refractivity contribution in [3.8, 4) is 0 Å². The van der Waals surface area contributed by atoms with Gasteiger partial charge in [-0.15, -0.1) is 0 Å². The fraction of sp³-hybridized carbons (Fsp3) is 0. The van der Waals surface area contributed by atoms with Gasteiger partial charge in [-0.2, -0.15) is 0 Å². The minimum Gasteiger partial charge on any atom is -0.790 e. The van der Waals surface area contributed by atoms with E-state index in [0.717, 1.165) is 11.8 Å². The topological polar surface area (TPSA) is 434 Å². The first-order valence-electron chi connectivity index (χ1n) is 6.17. The minimum absolute atomic E-state index is 0. The second kappa shape index (κ2) is 24.9. The van der Waals surface area contributed by atoms with Gasteiger partial charge in [0.25, 0.3) is 0 Å². The van der Waals surface area contributed by atoms with Gasteiger partial charge in [0.1, 0.15) is 6.29 Å². The summed E-state index contributed by atoms with van der Waals surface area (Å²) >= 11 is 0. The van der Waals surface area contributed by atoms with E-state index in [0.29, 0.717) is 0 Å². The first-order valence-corrected chi connectivity index (χ1v) is 13.7. The van der Waals surface area contributed by atoms with E-state index in [2.05, 4.69) is 0 Å². The first kappa shape index (κ1) is 52.1. The van der Waals surface area contributed by atoms with Gasteiger partial charge in [0.15, 0.2) is 0 Å². The number of aldehydes is 1. The van der Waals surface area contributed by atoms with E-state index in [-0.39, 0.29) is 37.1 Å². The molecule has 0 aliphatic heterocycles. The molecule has 5 N–H and O–H groups in total. The molecular weight excluding hydrogens is 677 g/mol. The minimum atomic E-state index is -5.14. The molecule has 2 radical (unpaired) electrons. The Bertz CT molecular complexity index is 691. The molecule has 0 unspecified atom stereocenters. The predicted octanol–water partition coefficient (Wildman–Crippen LogP) is -9.47. The first-order chi connectivity index (χ1) is 13.9. The number of phosphoric acid groups is 5. The van der Waals surface area contributed by atoms with Gasteiger partial charge < -0.3 is 96.2 Å². The van der Waals surface area contributed by atoms with Gasteiger partial charge >= 0.3 is 0 Å². The summed E-state index contributed by atoms with van der Waals surface area (Å²) in [6.07, 6.45) is 0.833. The van der Waals surface area contributed by atoms with Crippen LogP contribution in [0.2, 0.25) is 0 Å². The molecule has 0 heterocycles. The molecule has 1 aromatic carbocycles. The van der Waals surface area contributed by atoms with Crippen molar-refractivity contribution in [2.75, 3.05) is 0 Å². The zero-order valence-corrected chi connectivity index (χ0v) is 23.1. The summed E-state index contributed by atoms with van der Waals surface area (Å²) < 4.78 is 43.3. The molecule has 1 rings (SSSR count). The third-order valence-corrected chi connectivity index (χ3v) is 0.936. The molecule has 0 aliphatic carbocycles. The van der Waals surface area contributed by atoms with E-state index in [4.69, 9.17) is 96.2 Å². The van der Waals surface area contributed by atoms with Crippen molar-refractivity contribution < 1.29 is 138 Å². The van der Waals surface area contributed by atoms with Crippen molar-refractivity contribution in [1.82, 2.24) is 0 Å². The van der Waals surface area contributed by atoms with Gasteiger partial charge in [-0.3, -0.25) is 4.79 Å². The summed E-state index contributed by atoms with van der Waals surface area (Å²) in [5.41, 5.74) is 0.729. The van der Waals surface area contributed by atoms with Crippen LogP contribution in [0.3, 0.4) is 0 Å². The summed E-state index contributed by atoms with van der Waals surface area (Å²) in [4.78, 5) is 131. The van der Waals surface area contributed by atoms with Crippen LogP contribution in [0.25, 0.3) is 0 Å². The maximum absolute atomic E-state index is 10.0. The van der Waals surface area contributed by atoms with Crippen LogP contribution in [0.4, 0.5) is 0 Å². The zero-order valence-electron chi connectivity index (χ0n) is 15.9. The van der Waals surface area contributed by atoms with Gasteiger partial charge in [0.2, 0.25) is 0 Å². The summed E-state index contributed by atoms with van der Waals surface area (Å²) in [6.45, 7) is 0. The summed E-state index contributed by atoms with van der Waals surface area (Å²) in [6, 6.07) is 9.10. The van der Waals surface area contributed by atoms with Crippen molar-refractivity contribution in [2.24, 2.45) is 0 Å². The fourth-order valence-corrected chi connectivity index (χ4v) is 0.532. The van der Waals surface area contributed by atoms with Crippen LogP contribution in [0.1, 0.15) is 10.4 Å². The van der Waals surface area contributed by atoms with E-state index in [9.17, 15) is 4.79 Å². The van der Waals surface area contributed by atoms with Crippen LogP contribution in [0.15, 0.2) is 30.3 Å². The molecule has 210 valence electrons. The maximum atomic E-state index is 10.0. The average molecular weight is 688 g/mol. The normalized spacial score (nSPS) is 10.4. The SMILES string of the molecule is O=Cc1ccccc1.O=P([O-])([O-])O.O=P([O-])([O-])O.O=P([O-])([O-])O.O=P([O-])([O-])O.O=P([O-])([O-])O.[V].[V]. The number of hydrogen-bond acceptors (Lipinski definition) is 16. The molecule has 0 spiro atoms. The Balaban J connectivity index is -0.0000000539. The largest absolute Gasteiger partial charge is 0.790 e. The number of rotatable bonds is 1.